The molecule has 5 nitrogen and oxygen atoms in total. The van der Waals surface area contributed by atoms with E-state index in [1.54, 1.807) is 18.0 Å². The summed E-state index contributed by atoms with van der Waals surface area (Å²) < 4.78 is 7.08. The minimum atomic E-state index is -0.0146. The van der Waals surface area contributed by atoms with E-state index in [2.05, 4.69) is 10.4 Å². The molecule has 0 aliphatic heterocycles. The molecule has 1 aromatic carbocycles. The molecule has 1 aromatic heterocycles. The highest BCUT2D eigenvalue weighted by molar-refractivity contribution is 5.90. The van der Waals surface area contributed by atoms with E-state index in [-0.39, 0.29) is 5.91 Å². The van der Waals surface area contributed by atoms with E-state index in [0.29, 0.717) is 12.8 Å². The van der Waals surface area contributed by atoms with E-state index in [9.17, 15) is 4.79 Å². The molecular formula is C16H21N3O2. The lowest BCUT2D eigenvalue weighted by atomic mass is 10.1. The maximum Gasteiger partial charge on any atom is 0.225 e. The Morgan fingerprint density at radius 1 is 1.38 bits per heavy atom. The second kappa shape index (κ2) is 6.92. The second-order valence-electron chi connectivity index (χ2n) is 4.85. The van der Waals surface area contributed by atoms with Crippen LogP contribution in [0.3, 0.4) is 0 Å². The summed E-state index contributed by atoms with van der Waals surface area (Å²) in [5.41, 5.74) is 2.01. The topological polar surface area (TPSA) is 56.2 Å². The molecule has 112 valence electrons. The van der Waals surface area contributed by atoms with E-state index in [0.717, 1.165) is 29.2 Å². The van der Waals surface area contributed by atoms with Crippen molar-refractivity contribution in [2.75, 3.05) is 12.4 Å². The lowest BCUT2D eigenvalue weighted by Gasteiger charge is -2.10. The standard InChI is InChI=1S/C16H21N3O2/c1-4-19-16(12(2)11-17-19)18-15(20)10-9-13-7-5-6-8-14(13)21-3/h5-8,11H,4,9-10H2,1-3H3,(H,18,20). The Morgan fingerprint density at radius 2 is 2.14 bits per heavy atom. The predicted molar refractivity (Wildman–Crippen MR) is 82.6 cm³/mol. The van der Waals surface area contributed by atoms with Gasteiger partial charge in [-0.15, -0.1) is 0 Å². The van der Waals surface area contributed by atoms with E-state index >= 15 is 0 Å². The number of carbonyl (C=O) groups excluding carboxylic acids is 1. The Labute approximate surface area is 124 Å². The van der Waals surface area contributed by atoms with Gasteiger partial charge in [-0.1, -0.05) is 18.2 Å². The number of hydrogen-bond donors (Lipinski definition) is 1. The summed E-state index contributed by atoms with van der Waals surface area (Å²) in [4.78, 5) is 12.1. The molecule has 1 amide bonds. The van der Waals surface area contributed by atoms with Gasteiger partial charge in [0.15, 0.2) is 0 Å². The van der Waals surface area contributed by atoms with Gasteiger partial charge in [-0.2, -0.15) is 5.10 Å². The van der Waals surface area contributed by atoms with Crippen LogP contribution in [0.5, 0.6) is 5.75 Å². The molecule has 5 heteroatoms. The Kier molecular flexibility index (Phi) is 4.98. The average molecular weight is 287 g/mol. The van der Waals surface area contributed by atoms with Crippen LogP contribution in [-0.2, 0) is 17.8 Å². The zero-order valence-electron chi connectivity index (χ0n) is 12.7. The molecule has 0 saturated carbocycles. The molecular weight excluding hydrogens is 266 g/mol. The van der Waals surface area contributed by atoms with Crippen LogP contribution in [0.2, 0.25) is 0 Å². The number of anilines is 1. The number of carbonyl (C=O) groups is 1. The van der Waals surface area contributed by atoms with E-state index < -0.39 is 0 Å². The molecule has 1 N–H and O–H groups in total. The van der Waals surface area contributed by atoms with Crippen LogP contribution in [0.15, 0.2) is 30.5 Å². The van der Waals surface area contributed by atoms with Crippen molar-refractivity contribution in [1.29, 1.82) is 0 Å². The van der Waals surface area contributed by atoms with Crippen LogP contribution in [0.25, 0.3) is 0 Å². The molecule has 0 aliphatic rings. The zero-order valence-corrected chi connectivity index (χ0v) is 12.7. The van der Waals surface area contributed by atoms with Gasteiger partial charge in [0.1, 0.15) is 11.6 Å². The zero-order chi connectivity index (χ0) is 15.2. The number of nitrogens with zero attached hydrogens (tertiary/aromatic N) is 2. The van der Waals surface area contributed by atoms with Crippen LogP contribution in [0.4, 0.5) is 5.82 Å². The predicted octanol–water partition coefficient (Wildman–Crippen LogP) is 2.79. The van der Waals surface area contributed by atoms with Crippen molar-refractivity contribution in [1.82, 2.24) is 9.78 Å². The minimum Gasteiger partial charge on any atom is -0.496 e. The Bertz CT molecular complexity index is 620. The smallest absolute Gasteiger partial charge is 0.225 e. The van der Waals surface area contributed by atoms with Crippen LogP contribution in [0, 0.1) is 6.92 Å². The van der Waals surface area contributed by atoms with Gasteiger partial charge in [-0.3, -0.25) is 4.79 Å². The molecule has 2 rings (SSSR count). The first-order chi connectivity index (χ1) is 10.2. The maximum absolute atomic E-state index is 12.1. The number of aryl methyl sites for hydroxylation is 3. The van der Waals surface area contributed by atoms with Gasteiger partial charge in [-0.25, -0.2) is 4.68 Å². The minimum absolute atomic E-state index is 0.0146. The first kappa shape index (κ1) is 15.1. The highest BCUT2D eigenvalue weighted by Crippen LogP contribution is 2.19. The van der Waals surface area contributed by atoms with Crippen molar-refractivity contribution in [3.8, 4) is 5.75 Å². The first-order valence-electron chi connectivity index (χ1n) is 7.09. The molecule has 0 saturated heterocycles. The fourth-order valence-electron chi connectivity index (χ4n) is 2.23. The molecule has 0 fully saturated rings. The highest BCUT2D eigenvalue weighted by atomic mass is 16.5. The SMILES string of the molecule is CCn1ncc(C)c1NC(=O)CCc1ccccc1OC. The van der Waals surface area contributed by atoms with E-state index in [1.165, 1.54) is 0 Å². The normalized spacial score (nSPS) is 10.4. The van der Waals surface area contributed by atoms with Crippen molar-refractivity contribution < 1.29 is 9.53 Å². The summed E-state index contributed by atoms with van der Waals surface area (Å²) in [6, 6.07) is 7.76. The number of rotatable bonds is 6. The van der Waals surface area contributed by atoms with Gasteiger partial charge in [0, 0.05) is 18.5 Å². The molecule has 0 unspecified atom stereocenters. The number of aromatic nitrogens is 2. The van der Waals surface area contributed by atoms with Crippen LogP contribution in [-0.4, -0.2) is 22.8 Å². The van der Waals surface area contributed by atoms with E-state index in [1.807, 2.05) is 38.1 Å². The summed E-state index contributed by atoms with van der Waals surface area (Å²) >= 11 is 0. The van der Waals surface area contributed by atoms with Crippen molar-refractivity contribution in [3.05, 3.63) is 41.6 Å². The van der Waals surface area contributed by atoms with E-state index in [4.69, 9.17) is 4.74 Å². The molecule has 2 aromatic rings. The Balaban J connectivity index is 1.98. The van der Waals surface area contributed by atoms with Crippen molar-refractivity contribution >= 4 is 11.7 Å². The third-order valence-electron chi connectivity index (χ3n) is 3.39. The third-order valence-corrected chi connectivity index (χ3v) is 3.39. The number of para-hydroxylation sites is 1. The van der Waals surface area contributed by atoms with Crippen molar-refractivity contribution in [2.45, 2.75) is 33.2 Å². The fourth-order valence-corrected chi connectivity index (χ4v) is 2.23. The van der Waals surface area contributed by atoms with Crippen LogP contribution >= 0.6 is 0 Å². The lowest BCUT2D eigenvalue weighted by Crippen LogP contribution is -2.16. The molecule has 0 radical (unpaired) electrons. The Hall–Kier alpha value is -2.30. The Morgan fingerprint density at radius 3 is 2.86 bits per heavy atom. The van der Waals surface area contributed by atoms with Crippen LogP contribution in [0.1, 0.15) is 24.5 Å². The molecule has 0 spiro atoms. The van der Waals surface area contributed by atoms with Gasteiger partial charge >= 0.3 is 0 Å². The number of nitrogens with one attached hydrogen (secondary N) is 1. The number of hydrogen-bond acceptors (Lipinski definition) is 3. The number of amides is 1. The first-order valence-corrected chi connectivity index (χ1v) is 7.09. The number of methoxy groups -OCH3 is 1. The van der Waals surface area contributed by atoms with Crippen molar-refractivity contribution in [2.24, 2.45) is 0 Å². The summed E-state index contributed by atoms with van der Waals surface area (Å²) in [5, 5.41) is 7.15. The highest BCUT2D eigenvalue weighted by Gasteiger charge is 2.11. The summed E-state index contributed by atoms with van der Waals surface area (Å²) in [5.74, 6) is 1.59. The molecule has 21 heavy (non-hydrogen) atoms. The quantitative estimate of drug-likeness (QED) is 0.889. The molecule has 1 heterocycles. The summed E-state index contributed by atoms with van der Waals surface area (Å²) in [6.07, 6.45) is 2.82. The van der Waals surface area contributed by atoms with Gasteiger partial charge in [0.25, 0.3) is 0 Å². The monoisotopic (exact) mass is 287 g/mol. The average Bonchev–Trinajstić information content (AvgIpc) is 2.86. The number of ether oxygens (including phenoxy) is 1. The van der Waals surface area contributed by atoms with Gasteiger partial charge in [0.2, 0.25) is 5.91 Å². The van der Waals surface area contributed by atoms with Crippen LogP contribution < -0.4 is 10.1 Å². The second-order valence-corrected chi connectivity index (χ2v) is 4.85. The van der Waals surface area contributed by atoms with Gasteiger partial charge in [0.05, 0.1) is 13.3 Å². The maximum atomic E-state index is 12.1. The number of benzene rings is 1. The van der Waals surface area contributed by atoms with Crippen molar-refractivity contribution in [3.63, 3.8) is 0 Å². The van der Waals surface area contributed by atoms with Gasteiger partial charge in [-0.05, 0) is 31.9 Å². The summed E-state index contributed by atoms with van der Waals surface area (Å²) in [7, 11) is 1.64. The molecule has 0 aliphatic carbocycles. The lowest BCUT2D eigenvalue weighted by molar-refractivity contribution is -0.116. The molecule has 0 atom stereocenters. The molecule has 0 bridgehead atoms. The fraction of sp³-hybridized carbons (Fsp3) is 0.375. The summed E-state index contributed by atoms with van der Waals surface area (Å²) in [6.45, 7) is 4.67. The largest absolute Gasteiger partial charge is 0.496 e. The van der Waals surface area contributed by atoms with Gasteiger partial charge < -0.3 is 10.1 Å². The third kappa shape index (κ3) is 3.62.